The molecule has 210 valence electrons. The summed E-state index contributed by atoms with van der Waals surface area (Å²) in [6, 6.07) is 43.7. The highest BCUT2D eigenvalue weighted by atomic mass is 16.5. The molecule has 1 unspecified atom stereocenters. The molecule has 1 atom stereocenters. The average molecular weight is 579 g/mol. The SMILES string of the molecule is Cc1cc2c3c(c1-c1ccc(-c4ccccc4)cc1)-n1ccc[n+]1C31c3c(ccc4c5ccccc5n(c34)-c3cccc[n+]31)O2. The van der Waals surface area contributed by atoms with E-state index in [0.29, 0.717) is 0 Å². The highest BCUT2D eigenvalue weighted by Gasteiger charge is 2.68. The standard InChI is InChI=1S/C40H26N4O/c1-25-24-33-37-39(35(25)28-17-15-27(16-18-28)26-10-3-2-4-11-26)42-22-9-23-43(42)40(37)36-32(45-33)20-19-30-29-12-5-6-13-31(29)44(38(30)36)34-14-7-8-21-41(34)40/h2-24H,1H3/q+2. The quantitative estimate of drug-likeness (QED) is 0.192. The highest BCUT2D eigenvalue weighted by Crippen LogP contribution is 2.57. The Morgan fingerprint density at radius 1 is 0.644 bits per heavy atom. The van der Waals surface area contributed by atoms with Crippen LogP contribution in [0.2, 0.25) is 0 Å². The van der Waals surface area contributed by atoms with Crippen LogP contribution in [-0.4, -0.2) is 9.25 Å². The number of benzene rings is 5. The van der Waals surface area contributed by atoms with Crippen LogP contribution in [0.3, 0.4) is 0 Å². The smallest absolute Gasteiger partial charge is 0.397 e. The molecule has 11 rings (SSSR count). The molecule has 5 nitrogen and oxygen atoms in total. The molecule has 0 aliphatic carbocycles. The van der Waals surface area contributed by atoms with Crippen molar-refractivity contribution >= 4 is 21.8 Å². The Balaban J connectivity index is 1.28. The molecule has 0 fully saturated rings. The summed E-state index contributed by atoms with van der Waals surface area (Å²) in [7, 11) is 0. The van der Waals surface area contributed by atoms with Gasteiger partial charge in [0.1, 0.15) is 22.7 Å². The molecule has 0 saturated heterocycles. The van der Waals surface area contributed by atoms with Crippen molar-refractivity contribution in [2.45, 2.75) is 12.6 Å². The van der Waals surface area contributed by atoms with Crippen LogP contribution in [0.1, 0.15) is 16.7 Å². The van der Waals surface area contributed by atoms with Crippen molar-refractivity contribution in [3.8, 4) is 45.3 Å². The largest absolute Gasteiger partial charge is 0.456 e. The topological polar surface area (TPSA) is 26.8 Å². The predicted molar refractivity (Wildman–Crippen MR) is 174 cm³/mol. The molecule has 1 spiro atoms. The van der Waals surface area contributed by atoms with E-state index in [1.807, 2.05) is 0 Å². The number of hydrogen-bond acceptors (Lipinski definition) is 1. The maximum Gasteiger partial charge on any atom is 0.397 e. The maximum absolute atomic E-state index is 6.94. The number of rotatable bonds is 2. The molecule has 6 heterocycles. The summed E-state index contributed by atoms with van der Waals surface area (Å²) in [5, 5.41) is 2.48. The molecule has 0 amide bonds. The van der Waals surface area contributed by atoms with E-state index in [1.165, 1.54) is 60.8 Å². The van der Waals surface area contributed by atoms with Crippen molar-refractivity contribution < 1.29 is 14.0 Å². The van der Waals surface area contributed by atoms with Crippen molar-refractivity contribution in [1.82, 2.24) is 9.25 Å². The number of ether oxygens (including phenoxy) is 1. The van der Waals surface area contributed by atoms with Gasteiger partial charge in [0.2, 0.25) is 6.20 Å². The van der Waals surface area contributed by atoms with Crippen LogP contribution < -0.4 is 14.0 Å². The van der Waals surface area contributed by atoms with Gasteiger partial charge in [0.15, 0.2) is 16.6 Å². The molecule has 3 aliphatic rings. The van der Waals surface area contributed by atoms with Gasteiger partial charge in [-0.1, -0.05) is 77.5 Å². The second kappa shape index (κ2) is 7.96. The molecule has 5 aromatic carbocycles. The number of aromatic nitrogens is 4. The van der Waals surface area contributed by atoms with Crippen molar-refractivity contribution in [3.05, 3.63) is 157 Å². The summed E-state index contributed by atoms with van der Waals surface area (Å²) in [5.41, 5.74) is 11.3. The van der Waals surface area contributed by atoms with Crippen LogP contribution in [0.4, 0.5) is 0 Å². The first kappa shape index (κ1) is 23.5. The summed E-state index contributed by atoms with van der Waals surface area (Å²) in [5.74, 6) is 2.93. The Hall–Kier alpha value is -5.94. The van der Waals surface area contributed by atoms with Gasteiger partial charge < -0.3 is 4.74 Å². The zero-order valence-electron chi connectivity index (χ0n) is 24.5. The lowest BCUT2D eigenvalue weighted by Gasteiger charge is -2.33. The third kappa shape index (κ3) is 2.63. The van der Waals surface area contributed by atoms with Crippen LogP contribution in [0.25, 0.3) is 55.6 Å². The highest BCUT2D eigenvalue weighted by molar-refractivity contribution is 6.11. The molecule has 0 radical (unpaired) electrons. The van der Waals surface area contributed by atoms with Crippen LogP contribution in [0, 0.1) is 6.92 Å². The van der Waals surface area contributed by atoms with Crippen LogP contribution in [0.15, 0.2) is 140 Å². The fraction of sp³-hybridized carbons (Fsp3) is 0.0500. The first-order valence-electron chi connectivity index (χ1n) is 15.5. The van der Waals surface area contributed by atoms with Crippen molar-refractivity contribution in [3.63, 3.8) is 0 Å². The molecular weight excluding hydrogens is 552 g/mol. The first-order chi connectivity index (χ1) is 22.2. The lowest BCUT2D eigenvalue weighted by Crippen LogP contribution is -2.76. The third-order valence-electron chi connectivity index (χ3n) is 10.1. The van der Waals surface area contributed by atoms with Gasteiger partial charge in [-0.25, -0.2) is 0 Å². The Kier molecular flexibility index (Phi) is 4.16. The minimum absolute atomic E-state index is 0.672. The monoisotopic (exact) mass is 578 g/mol. The number of aryl methyl sites for hydroxylation is 1. The number of fused-ring (bicyclic) bond motifs is 7. The van der Waals surface area contributed by atoms with Crippen molar-refractivity contribution in [1.29, 1.82) is 0 Å². The van der Waals surface area contributed by atoms with E-state index < -0.39 is 5.66 Å². The maximum atomic E-state index is 6.94. The Labute approximate surface area is 259 Å². The van der Waals surface area contributed by atoms with Gasteiger partial charge >= 0.3 is 5.66 Å². The molecule has 0 N–H and O–H groups in total. The molecular formula is C40H26N4O+2. The van der Waals surface area contributed by atoms with Crippen LogP contribution in [-0.2, 0) is 5.66 Å². The first-order valence-corrected chi connectivity index (χ1v) is 15.5. The summed E-state index contributed by atoms with van der Waals surface area (Å²) in [6.07, 6.45) is 6.65. The van der Waals surface area contributed by atoms with Gasteiger partial charge in [0.25, 0.3) is 5.82 Å². The van der Waals surface area contributed by atoms with Crippen LogP contribution >= 0.6 is 0 Å². The number of nitrogens with zero attached hydrogens (tertiary/aromatic N) is 4. The lowest BCUT2D eigenvalue weighted by atomic mass is 9.81. The van der Waals surface area contributed by atoms with Gasteiger partial charge in [-0.3, -0.25) is 0 Å². The Morgan fingerprint density at radius 2 is 1.42 bits per heavy atom. The second-order valence-corrected chi connectivity index (χ2v) is 12.3. The third-order valence-corrected chi connectivity index (χ3v) is 10.1. The fourth-order valence-corrected chi connectivity index (χ4v) is 8.44. The van der Waals surface area contributed by atoms with Gasteiger partial charge in [-0.2, -0.15) is 9.13 Å². The summed E-state index contributed by atoms with van der Waals surface area (Å²) >= 11 is 0. The van der Waals surface area contributed by atoms with Gasteiger partial charge in [0, 0.05) is 28.5 Å². The number of para-hydroxylation sites is 1. The summed E-state index contributed by atoms with van der Waals surface area (Å²) in [4.78, 5) is 0. The Morgan fingerprint density at radius 3 is 2.31 bits per heavy atom. The van der Waals surface area contributed by atoms with Gasteiger partial charge in [0.05, 0.1) is 12.4 Å². The van der Waals surface area contributed by atoms with E-state index in [2.05, 4.69) is 165 Å². The summed E-state index contributed by atoms with van der Waals surface area (Å²) < 4.78 is 16.6. The zero-order chi connectivity index (χ0) is 29.4. The molecule has 0 bridgehead atoms. The normalized spacial score (nSPS) is 16.4. The molecule has 45 heavy (non-hydrogen) atoms. The fourth-order valence-electron chi connectivity index (χ4n) is 8.44. The minimum atomic E-state index is -0.672. The van der Waals surface area contributed by atoms with Gasteiger partial charge in [-0.05, 0) is 65.6 Å². The number of hydrogen-bond donors (Lipinski definition) is 0. The lowest BCUT2D eigenvalue weighted by molar-refractivity contribution is -0.993. The van der Waals surface area contributed by atoms with E-state index in [0.717, 1.165) is 23.0 Å². The predicted octanol–water partition coefficient (Wildman–Crippen LogP) is 7.82. The Bertz CT molecular complexity index is 2580. The average Bonchev–Trinajstić information content (AvgIpc) is 3.78. The van der Waals surface area contributed by atoms with E-state index in [9.17, 15) is 0 Å². The van der Waals surface area contributed by atoms with E-state index >= 15 is 0 Å². The second-order valence-electron chi connectivity index (χ2n) is 12.3. The van der Waals surface area contributed by atoms with E-state index in [4.69, 9.17) is 4.74 Å². The van der Waals surface area contributed by atoms with Crippen molar-refractivity contribution in [2.24, 2.45) is 0 Å². The molecule has 3 aromatic heterocycles. The minimum Gasteiger partial charge on any atom is -0.456 e. The summed E-state index contributed by atoms with van der Waals surface area (Å²) in [6.45, 7) is 2.21. The van der Waals surface area contributed by atoms with Gasteiger partial charge in [-0.15, -0.1) is 4.68 Å². The molecule has 3 aliphatic heterocycles. The number of pyridine rings is 1. The molecule has 5 heteroatoms. The van der Waals surface area contributed by atoms with E-state index in [1.54, 1.807) is 0 Å². The van der Waals surface area contributed by atoms with Crippen LogP contribution in [0.5, 0.6) is 11.5 Å². The zero-order valence-corrected chi connectivity index (χ0v) is 24.5. The molecule has 0 saturated carbocycles. The molecule has 8 aromatic rings. The van der Waals surface area contributed by atoms with Crippen molar-refractivity contribution in [2.75, 3.05) is 0 Å². The van der Waals surface area contributed by atoms with E-state index in [-0.39, 0.29) is 0 Å².